The maximum Gasteiger partial charge on any atom is 0.306 e. The molecule has 1 aliphatic rings. The summed E-state index contributed by atoms with van der Waals surface area (Å²) in [4.78, 5) is 23.6. The summed E-state index contributed by atoms with van der Waals surface area (Å²) in [5.41, 5.74) is 0. The van der Waals surface area contributed by atoms with Crippen LogP contribution in [0, 0.1) is 11.8 Å². The topological polar surface area (TPSA) is 52.6 Å². The van der Waals surface area contributed by atoms with Crippen LogP contribution in [0.2, 0.25) is 0 Å². The maximum atomic E-state index is 11.8. The Balaban J connectivity index is 2.12. The summed E-state index contributed by atoms with van der Waals surface area (Å²) in [7, 11) is 0. The van der Waals surface area contributed by atoms with Crippen LogP contribution in [-0.2, 0) is 19.1 Å². The van der Waals surface area contributed by atoms with Crippen LogP contribution in [-0.4, -0.2) is 24.6 Å². The molecule has 1 aliphatic carbocycles. The maximum absolute atomic E-state index is 11.8. The quantitative estimate of drug-likeness (QED) is 0.548. The molecule has 0 aromatic carbocycles. The Hall–Kier alpha value is -1.06. The molecule has 0 spiro atoms. The van der Waals surface area contributed by atoms with Gasteiger partial charge in [0.15, 0.2) is 0 Å². The van der Waals surface area contributed by atoms with Gasteiger partial charge in [-0.1, -0.05) is 46.5 Å². The molecular weight excluding hydrogens is 292 g/mol. The minimum atomic E-state index is -0.197. The molecular formula is C19H34O4. The second-order valence-electron chi connectivity index (χ2n) is 7.10. The van der Waals surface area contributed by atoms with Gasteiger partial charge < -0.3 is 9.47 Å². The lowest BCUT2D eigenvalue weighted by Crippen LogP contribution is -2.23. The van der Waals surface area contributed by atoms with Gasteiger partial charge in [0.1, 0.15) is 6.10 Å². The van der Waals surface area contributed by atoms with Gasteiger partial charge in [0.2, 0.25) is 0 Å². The minimum absolute atomic E-state index is 0.00856. The zero-order chi connectivity index (χ0) is 17.1. The highest BCUT2D eigenvalue weighted by Crippen LogP contribution is 2.23. The van der Waals surface area contributed by atoms with Gasteiger partial charge in [0.25, 0.3) is 0 Å². The SMILES string of the molecule is CCCC(OC(=O)CCCC(=O)OCC1CCCCC1)C(C)C. The van der Waals surface area contributed by atoms with Crippen LogP contribution in [0.5, 0.6) is 0 Å². The lowest BCUT2D eigenvalue weighted by molar-refractivity contribution is -0.152. The Morgan fingerprint density at radius 3 is 2.30 bits per heavy atom. The molecule has 1 fully saturated rings. The Morgan fingerprint density at radius 1 is 1.04 bits per heavy atom. The number of hydrogen-bond donors (Lipinski definition) is 0. The summed E-state index contributed by atoms with van der Waals surface area (Å²) in [6.07, 6.45) is 9.17. The van der Waals surface area contributed by atoms with Gasteiger partial charge in [0, 0.05) is 12.8 Å². The van der Waals surface area contributed by atoms with Crippen molar-refractivity contribution < 1.29 is 19.1 Å². The first-order chi connectivity index (χ1) is 11.0. The monoisotopic (exact) mass is 326 g/mol. The molecule has 0 heterocycles. The van der Waals surface area contributed by atoms with Crippen LogP contribution in [0.25, 0.3) is 0 Å². The van der Waals surface area contributed by atoms with Crippen LogP contribution in [0.4, 0.5) is 0 Å². The van der Waals surface area contributed by atoms with Crippen molar-refractivity contribution in [2.24, 2.45) is 11.8 Å². The van der Waals surface area contributed by atoms with Gasteiger partial charge in [-0.25, -0.2) is 0 Å². The molecule has 0 radical (unpaired) electrons. The van der Waals surface area contributed by atoms with Gasteiger partial charge >= 0.3 is 11.9 Å². The van der Waals surface area contributed by atoms with Gasteiger partial charge in [-0.15, -0.1) is 0 Å². The average Bonchev–Trinajstić information content (AvgIpc) is 2.53. The Labute approximate surface area is 141 Å². The highest BCUT2D eigenvalue weighted by atomic mass is 16.5. The van der Waals surface area contributed by atoms with E-state index >= 15 is 0 Å². The molecule has 1 unspecified atom stereocenters. The van der Waals surface area contributed by atoms with Gasteiger partial charge in [0.05, 0.1) is 6.61 Å². The minimum Gasteiger partial charge on any atom is -0.465 e. The second-order valence-corrected chi connectivity index (χ2v) is 7.10. The van der Waals surface area contributed by atoms with Crippen LogP contribution in [0.15, 0.2) is 0 Å². The van der Waals surface area contributed by atoms with Crippen LogP contribution in [0.3, 0.4) is 0 Å². The summed E-state index contributed by atoms with van der Waals surface area (Å²) < 4.78 is 10.8. The number of carbonyl (C=O) groups excluding carboxylic acids is 2. The first kappa shape index (κ1) is 20.0. The van der Waals surface area contributed by atoms with E-state index in [-0.39, 0.29) is 18.0 Å². The number of ether oxygens (including phenoxy) is 2. The molecule has 134 valence electrons. The highest BCUT2D eigenvalue weighted by Gasteiger charge is 2.18. The zero-order valence-corrected chi connectivity index (χ0v) is 15.1. The molecule has 0 bridgehead atoms. The van der Waals surface area contributed by atoms with Crippen molar-refractivity contribution >= 4 is 11.9 Å². The van der Waals surface area contributed by atoms with E-state index < -0.39 is 0 Å². The van der Waals surface area contributed by atoms with Gasteiger partial charge in [-0.2, -0.15) is 0 Å². The first-order valence-corrected chi connectivity index (χ1v) is 9.38. The molecule has 4 nitrogen and oxygen atoms in total. The van der Waals surface area contributed by atoms with Crippen molar-refractivity contribution in [2.45, 2.75) is 91.1 Å². The van der Waals surface area contributed by atoms with Gasteiger partial charge in [-0.05, 0) is 37.5 Å². The zero-order valence-electron chi connectivity index (χ0n) is 15.1. The Morgan fingerprint density at radius 2 is 1.70 bits per heavy atom. The molecule has 23 heavy (non-hydrogen) atoms. The molecule has 0 aromatic heterocycles. The standard InChI is InChI=1S/C19H34O4/c1-4-9-17(15(2)3)23-19(21)13-8-12-18(20)22-14-16-10-6-5-7-11-16/h15-17H,4-14H2,1-3H3. The Bertz CT molecular complexity index is 345. The highest BCUT2D eigenvalue weighted by molar-refractivity contribution is 5.72. The van der Waals surface area contributed by atoms with Crippen LogP contribution in [0.1, 0.15) is 85.0 Å². The van der Waals surface area contributed by atoms with Crippen molar-refractivity contribution in [1.82, 2.24) is 0 Å². The first-order valence-electron chi connectivity index (χ1n) is 9.38. The second kappa shape index (κ2) is 11.5. The molecule has 1 saturated carbocycles. The third kappa shape index (κ3) is 8.97. The van der Waals surface area contributed by atoms with Crippen LogP contribution < -0.4 is 0 Å². The van der Waals surface area contributed by atoms with Crippen molar-refractivity contribution in [1.29, 1.82) is 0 Å². The van der Waals surface area contributed by atoms with E-state index in [0.29, 0.717) is 37.7 Å². The largest absolute Gasteiger partial charge is 0.465 e. The van der Waals surface area contributed by atoms with E-state index in [1.165, 1.54) is 32.1 Å². The van der Waals surface area contributed by atoms with E-state index in [1.807, 2.05) is 0 Å². The Kier molecular flexibility index (Phi) is 9.97. The molecule has 1 rings (SSSR count). The fourth-order valence-electron chi connectivity index (χ4n) is 3.05. The van der Waals surface area contributed by atoms with Crippen molar-refractivity contribution in [3.63, 3.8) is 0 Å². The van der Waals surface area contributed by atoms with Crippen molar-refractivity contribution in [3.05, 3.63) is 0 Å². The molecule has 0 saturated heterocycles. The van der Waals surface area contributed by atoms with E-state index in [0.717, 1.165) is 12.8 Å². The summed E-state index contributed by atoms with van der Waals surface area (Å²) in [5.74, 6) is 0.493. The molecule has 0 aliphatic heterocycles. The molecule has 0 N–H and O–H groups in total. The summed E-state index contributed by atoms with van der Waals surface area (Å²) in [6.45, 7) is 6.77. The fraction of sp³-hybridized carbons (Fsp3) is 0.895. The number of rotatable bonds is 10. The van der Waals surface area contributed by atoms with Gasteiger partial charge in [-0.3, -0.25) is 9.59 Å². The third-order valence-corrected chi connectivity index (χ3v) is 4.57. The molecule has 4 heteroatoms. The molecule has 0 amide bonds. The van der Waals surface area contributed by atoms with Crippen LogP contribution >= 0.6 is 0 Å². The van der Waals surface area contributed by atoms with E-state index in [1.54, 1.807) is 0 Å². The number of carbonyl (C=O) groups is 2. The van der Waals surface area contributed by atoms with E-state index in [4.69, 9.17) is 9.47 Å². The molecule has 1 atom stereocenters. The third-order valence-electron chi connectivity index (χ3n) is 4.57. The van der Waals surface area contributed by atoms with Crippen molar-refractivity contribution in [3.8, 4) is 0 Å². The average molecular weight is 326 g/mol. The lowest BCUT2D eigenvalue weighted by atomic mass is 9.90. The fourth-order valence-corrected chi connectivity index (χ4v) is 3.05. The lowest BCUT2D eigenvalue weighted by Gasteiger charge is -2.21. The predicted molar refractivity (Wildman–Crippen MR) is 91.0 cm³/mol. The summed E-state index contributed by atoms with van der Waals surface area (Å²) in [6, 6.07) is 0. The van der Waals surface area contributed by atoms with E-state index in [9.17, 15) is 9.59 Å². The summed E-state index contributed by atoms with van der Waals surface area (Å²) >= 11 is 0. The van der Waals surface area contributed by atoms with E-state index in [2.05, 4.69) is 20.8 Å². The molecule has 0 aromatic rings. The predicted octanol–water partition coefficient (Wildman–Crippen LogP) is 4.65. The normalized spacial score (nSPS) is 17.0. The smallest absolute Gasteiger partial charge is 0.306 e. The number of esters is 2. The van der Waals surface area contributed by atoms with Crippen molar-refractivity contribution in [2.75, 3.05) is 6.61 Å². The number of hydrogen-bond acceptors (Lipinski definition) is 4. The summed E-state index contributed by atoms with van der Waals surface area (Å²) in [5, 5.41) is 0.